The molecule has 1 aromatic heterocycles. The SMILES string of the molecule is C=CCOC(=O)c1sc(N2C(=O)C(=O)/C(=C(/O)c3ccc(OCc4ccccc4)c(C)c3)[C@@H]2c2ccc(C(C)(C)C)cc2)nc1C. The first-order valence-corrected chi connectivity index (χ1v) is 15.7. The summed E-state index contributed by atoms with van der Waals surface area (Å²) in [5.41, 5.74) is 3.95. The number of carbonyl (C=O) groups is 3. The van der Waals surface area contributed by atoms with Gasteiger partial charge in [0.05, 0.1) is 17.3 Å². The van der Waals surface area contributed by atoms with Crippen LogP contribution in [0, 0.1) is 13.8 Å². The van der Waals surface area contributed by atoms with Gasteiger partial charge in [0.1, 0.15) is 29.6 Å². The normalized spacial score (nSPS) is 16.0. The van der Waals surface area contributed by atoms with Crippen molar-refractivity contribution >= 4 is 39.9 Å². The van der Waals surface area contributed by atoms with Gasteiger partial charge in [-0.05, 0) is 59.7 Å². The van der Waals surface area contributed by atoms with E-state index in [1.807, 2.05) is 61.5 Å². The molecule has 8 nitrogen and oxygen atoms in total. The number of hydrogen-bond donors (Lipinski definition) is 1. The number of hydrogen-bond acceptors (Lipinski definition) is 8. The quantitative estimate of drug-likeness (QED) is 0.0663. The highest BCUT2D eigenvalue weighted by molar-refractivity contribution is 7.17. The van der Waals surface area contributed by atoms with Gasteiger partial charge in [0.2, 0.25) is 0 Å². The number of ketones is 1. The number of esters is 1. The Morgan fingerprint density at radius 1 is 1.04 bits per heavy atom. The average Bonchev–Trinajstić information content (AvgIpc) is 3.55. The number of amides is 1. The molecular formula is C37H36N2O6S. The number of aromatic nitrogens is 1. The van der Waals surface area contributed by atoms with Gasteiger partial charge in [-0.15, -0.1) is 0 Å². The van der Waals surface area contributed by atoms with Crippen LogP contribution >= 0.6 is 11.3 Å². The monoisotopic (exact) mass is 636 g/mol. The van der Waals surface area contributed by atoms with E-state index in [4.69, 9.17) is 9.47 Å². The van der Waals surface area contributed by atoms with Crippen LogP contribution in [0.25, 0.3) is 5.76 Å². The number of aliphatic hydroxyl groups is 1. The van der Waals surface area contributed by atoms with Gasteiger partial charge in [0.25, 0.3) is 5.78 Å². The fraction of sp³-hybridized carbons (Fsp3) is 0.243. The Morgan fingerprint density at radius 3 is 2.37 bits per heavy atom. The van der Waals surface area contributed by atoms with Crippen molar-refractivity contribution in [3.63, 3.8) is 0 Å². The molecule has 0 aliphatic carbocycles. The van der Waals surface area contributed by atoms with Crippen molar-refractivity contribution in [1.82, 2.24) is 4.98 Å². The van der Waals surface area contributed by atoms with Crippen LogP contribution in [0.3, 0.4) is 0 Å². The second-order valence-electron chi connectivity index (χ2n) is 12.1. The van der Waals surface area contributed by atoms with Crippen LogP contribution in [0.5, 0.6) is 5.75 Å². The lowest BCUT2D eigenvalue weighted by Gasteiger charge is -2.25. The lowest BCUT2D eigenvalue weighted by molar-refractivity contribution is -0.132. The van der Waals surface area contributed by atoms with Gasteiger partial charge in [0, 0.05) is 5.56 Å². The highest BCUT2D eigenvalue weighted by Gasteiger charge is 2.48. The summed E-state index contributed by atoms with van der Waals surface area (Å²) in [6.45, 7) is 13.7. The molecule has 0 spiro atoms. The van der Waals surface area contributed by atoms with Crippen LogP contribution in [-0.2, 0) is 26.3 Å². The fourth-order valence-corrected chi connectivity index (χ4v) is 6.22. The number of thiazole rings is 1. The predicted molar refractivity (Wildman–Crippen MR) is 179 cm³/mol. The molecule has 4 aromatic rings. The third-order valence-electron chi connectivity index (χ3n) is 7.73. The summed E-state index contributed by atoms with van der Waals surface area (Å²) in [6, 6.07) is 21.5. The number of ether oxygens (including phenoxy) is 2. The summed E-state index contributed by atoms with van der Waals surface area (Å²) in [5.74, 6) is -2.00. The summed E-state index contributed by atoms with van der Waals surface area (Å²) in [7, 11) is 0. The molecule has 1 N–H and O–H groups in total. The molecule has 0 bridgehead atoms. The molecule has 1 amide bonds. The molecule has 9 heteroatoms. The molecule has 1 atom stereocenters. The Morgan fingerprint density at radius 2 is 1.74 bits per heavy atom. The molecule has 1 aliphatic heterocycles. The summed E-state index contributed by atoms with van der Waals surface area (Å²) >= 11 is 0.957. The molecule has 5 rings (SSSR count). The Bertz CT molecular complexity index is 1830. The Labute approximate surface area is 272 Å². The van der Waals surface area contributed by atoms with E-state index in [0.717, 1.165) is 28.0 Å². The minimum Gasteiger partial charge on any atom is -0.507 e. The van der Waals surface area contributed by atoms with Gasteiger partial charge in [0.15, 0.2) is 5.13 Å². The van der Waals surface area contributed by atoms with Gasteiger partial charge >= 0.3 is 11.9 Å². The second-order valence-corrected chi connectivity index (χ2v) is 13.1. The largest absolute Gasteiger partial charge is 0.507 e. The van der Waals surface area contributed by atoms with E-state index >= 15 is 0 Å². The van der Waals surface area contributed by atoms with Crippen LogP contribution in [0.4, 0.5) is 5.13 Å². The van der Waals surface area contributed by atoms with Gasteiger partial charge in [-0.3, -0.25) is 14.5 Å². The Hall–Kier alpha value is -5.02. The van der Waals surface area contributed by atoms with E-state index in [-0.39, 0.29) is 33.4 Å². The molecule has 1 fully saturated rings. The molecule has 2 heterocycles. The minimum absolute atomic E-state index is 0.0195. The molecule has 46 heavy (non-hydrogen) atoms. The van der Waals surface area contributed by atoms with Crippen molar-refractivity contribution in [3.05, 3.63) is 129 Å². The Kier molecular flexibility index (Phi) is 9.25. The van der Waals surface area contributed by atoms with E-state index in [1.54, 1.807) is 25.1 Å². The van der Waals surface area contributed by atoms with Crippen molar-refractivity contribution in [1.29, 1.82) is 0 Å². The maximum atomic E-state index is 13.7. The zero-order chi connectivity index (χ0) is 33.2. The second kappa shape index (κ2) is 13.1. The van der Waals surface area contributed by atoms with Gasteiger partial charge in [-0.25, -0.2) is 9.78 Å². The van der Waals surface area contributed by atoms with Gasteiger partial charge < -0.3 is 14.6 Å². The van der Waals surface area contributed by atoms with Crippen LogP contribution in [-0.4, -0.2) is 34.4 Å². The van der Waals surface area contributed by atoms with Gasteiger partial charge in [-0.1, -0.05) is 99.4 Å². The zero-order valence-corrected chi connectivity index (χ0v) is 27.3. The van der Waals surface area contributed by atoms with Crippen LogP contribution < -0.4 is 9.64 Å². The molecule has 0 radical (unpaired) electrons. The number of rotatable bonds is 9. The van der Waals surface area contributed by atoms with Gasteiger partial charge in [-0.2, -0.15) is 0 Å². The number of nitrogens with zero attached hydrogens (tertiary/aromatic N) is 2. The third-order valence-corrected chi connectivity index (χ3v) is 8.87. The topological polar surface area (TPSA) is 106 Å². The van der Waals surface area contributed by atoms with Crippen LogP contribution in [0.1, 0.15) is 70.0 Å². The van der Waals surface area contributed by atoms with Crippen LogP contribution in [0.15, 0.2) is 91.0 Å². The maximum absolute atomic E-state index is 13.7. The van der Waals surface area contributed by atoms with E-state index in [0.29, 0.717) is 29.2 Å². The number of Topliss-reactive ketones (excluding diaryl/α,β-unsaturated/α-hetero) is 1. The smallest absolute Gasteiger partial charge is 0.350 e. The Balaban J connectivity index is 1.58. The molecular weight excluding hydrogens is 600 g/mol. The van der Waals surface area contributed by atoms with Crippen molar-refractivity contribution in [2.75, 3.05) is 11.5 Å². The molecule has 1 saturated heterocycles. The number of aliphatic hydroxyl groups excluding tert-OH is 1. The molecule has 1 aliphatic rings. The molecule has 236 valence electrons. The van der Waals surface area contributed by atoms with Crippen LogP contribution in [0.2, 0.25) is 0 Å². The zero-order valence-electron chi connectivity index (χ0n) is 26.5. The van der Waals surface area contributed by atoms with E-state index in [1.165, 1.54) is 11.0 Å². The minimum atomic E-state index is -0.995. The van der Waals surface area contributed by atoms with E-state index in [2.05, 4.69) is 32.3 Å². The number of benzene rings is 3. The van der Waals surface area contributed by atoms with Crippen molar-refractivity contribution < 1.29 is 29.0 Å². The molecule has 0 saturated carbocycles. The van der Waals surface area contributed by atoms with E-state index < -0.39 is 23.7 Å². The standard InChI is InChI=1S/C37H36N2O6S/c1-7-19-44-35(43)33-23(3)38-36(46-33)39-30(25-13-16-27(17-14-25)37(4,5)6)29(32(41)34(39)42)31(40)26-15-18-28(22(2)20-26)45-21-24-11-9-8-10-12-24/h7-18,20,30,40H,1,19,21H2,2-6H3/b31-29+/t30-/m0/s1. The molecule has 0 unspecified atom stereocenters. The van der Waals surface area contributed by atoms with E-state index in [9.17, 15) is 19.5 Å². The predicted octanol–water partition coefficient (Wildman–Crippen LogP) is 7.61. The van der Waals surface area contributed by atoms with Crippen molar-refractivity contribution in [2.24, 2.45) is 0 Å². The first kappa shape index (κ1) is 32.4. The average molecular weight is 637 g/mol. The highest BCUT2D eigenvalue weighted by Crippen LogP contribution is 2.44. The van der Waals surface area contributed by atoms with Crippen molar-refractivity contribution in [3.8, 4) is 5.75 Å². The first-order chi connectivity index (χ1) is 21.9. The number of carbonyl (C=O) groups excluding carboxylic acids is 3. The summed E-state index contributed by atoms with van der Waals surface area (Å²) < 4.78 is 11.2. The summed E-state index contributed by atoms with van der Waals surface area (Å²) in [6.07, 6.45) is 1.46. The molecule has 3 aromatic carbocycles. The lowest BCUT2D eigenvalue weighted by atomic mass is 9.85. The third kappa shape index (κ3) is 6.50. The van der Waals surface area contributed by atoms with Crippen molar-refractivity contribution in [2.45, 2.75) is 52.7 Å². The highest BCUT2D eigenvalue weighted by atomic mass is 32.1. The maximum Gasteiger partial charge on any atom is 0.350 e. The fourth-order valence-electron chi connectivity index (χ4n) is 5.23. The number of anilines is 1. The number of aryl methyl sites for hydroxylation is 2. The summed E-state index contributed by atoms with van der Waals surface area (Å²) in [4.78, 5) is 46.1. The lowest BCUT2D eigenvalue weighted by Crippen LogP contribution is -2.29. The first-order valence-electron chi connectivity index (χ1n) is 14.8. The summed E-state index contributed by atoms with van der Waals surface area (Å²) in [5, 5.41) is 11.8.